The van der Waals surface area contributed by atoms with Crippen LogP contribution in [-0.4, -0.2) is 50.3 Å². The second-order valence-corrected chi connectivity index (χ2v) is 7.17. The molecule has 0 saturated heterocycles. The van der Waals surface area contributed by atoms with Gasteiger partial charge in [-0.3, -0.25) is 4.90 Å². The monoisotopic (exact) mass is 268 g/mol. The summed E-state index contributed by atoms with van der Waals surface area (Å²) in [6.07, 6.45) is 5.49. The Balaban J connectivity index is 2.08. The van der Waals surface area contributed by atoms with Crippen LogP contribution in [0.15, 0.2) is 0 Å². The summed E-state index contributed by atoms with van der Waals surface area (Å²) in [5.41, 5.74) is 0.411. The summed E-state index contributed by atoms with van der Waals surface area (Å²) in [6.45, 7) is 9.16. The highest BCUT2D eigenvalue weighted by Gasteiger charge is 2.46. The first kappa shape index (κ1) is 15.3. The van der Waals surface area contributed by atoms with Gasteiger partial charge < -0.3 is 10.1 Å². The average molecular weight is 268 g/mol. The highest BCUT2D eigenvalue weighted by molar-refractivity contribution is 5.02. The van der Waals surface area contributed by atoms with Crippen molar-refractivity contribution >= 4 is 0 Å². The van der Waals surface area contributed by atoms with E-state index in [1.165, 1.54) is 25.7 Å². The van der Waals surface area contributed by atoms with Gasteiger partial charge in [0.15, 0.2) is 0 Å². The predicted octanol–water partition coefficient (Wildman–Crippen LogP) is 2.51. The lowest BCUT2D eigenvalue weighted by Gasteiger charge is -2.40. The number of hydrogen-bond donors (Lipinski definition) is 1. The van der Waals surface area contributed by atoms with Crippen molar-refractivity contribution in [3.63, 3.8) is 0 Å². The van der Waals surface area contributed by atoms with Gasteiger partial charge in [0.05, 0.1) is 6.61 Å². The molecule has 19 heavy (non-hydrogen) atoms. The summed E-state index contributed by atoms with van der Waals surface area (Å²) in [6, 6.07) is 1.99. The molecule has 0 amide bonds. The minimum Gasteiger partial charge on any atom is -0.383 e. The van der Waals surface area contributed by atoms with Gasteiger partial charge in [0, 0.05) is 31.8 Å². The van der Waals surface area contributed by atoms with E-state index in [1.54, 1.807) is 0 Å². The fourth-order valence-electron chi connectivity index (χ4n) is 4.02. The molecule has 3 unspecified atom stereocenters. The maximum Gasteiger partial charge on any atom is 0.0589 e. The first-order chi connectivity index (χ1) is 9.01. The Morgan fingerprint density at radius 1 is 1.32 bits per heavy atom. The Morgan fingerprint density at radius 3 is 2.53 bits per heavy atom. The van der Waals surface area contributed by atoms with Crippen LogP contribution in [0.1, 0.15) is 46.5 Å². The van der Waals surface area contributed by atoms with Crippen LogP contribution in [0, 0.1) is 11.3 Å². The molecule has 112 valence electrons. The SMILES string of the molecule is CNC1C(N(CCOC)C(C)C2CC2)CCC1(C)C. The number of hydrogen-bond acceptors (Lipinski definition) is 3. The van der Waals surface area contributed by atoms with Crippen molar-refractivity contribution < 1.29 is 4.74 Å². The van der Waals surface area contributed by atoms with E-state index < -0.39 is 0 Å². The normalized spacial score (nSPS) is 31.9. The van der Waals surface area contributed by atoms with Crippen molar-refractivity contribution in [1.29, 1.82) is 0 Å². The lowest BCUT2D eigenvalue weighted by molar-refractivity contribution is 0.0642. The fourth-order valence-corrected chi connectivity index (χ4v) is 4.02. The smallest absolute Gasteiger partial charge is 0.0589 e. The van der Waals surface area contributed by atoms with Crippen molar-refractivity contribution in [2.75, 3.05) is 27.3 Å². The zero-order valence-electron chi connectivity index (χ0n) is 13.4. The second kappa shape index (κ2) is 6.11. The maximum absolute atomic E-state index is 5.34. The largest absolute Gasteiger partial charge is 0.383 e. The Bertz CT molecular complexity index is 288. The zero-order valence-corrected chi connectivity index (χ0v) is 13.4. The molecule has 2 aliphatic rings. The Morgan fingerprint density at radius 2 is 2.00 bits per heavy atom. The summed E-state index contributed by atoms with van der Waals surface area (Å²) < 4.78 is 5.34. The van der Waals surface area contributed by atoms with E-state index in [9.17, 15) is 0 Å². The van der Waals surface area contributed by atoms with E-state index in [4.69, 9.17) is 4.74 Å². The molecule has 3 heteroatoms. The molecule has 2 saturated carbocycles. The van der Waals surface area contributed by atoms with Crippen molar-refractivity contribution in [2.45, 2.75) is 64.6 Å². The Labute approximate surface area is 119 Å². The van der Waals surface area contributed by atoms with E-state index in [0.29, 0.717) is 23.5 Å². The molecule has 0 spiro atoms. The van der Waals surface area contributed by atoms with Crippen molar-refractivity contribution in [3.05, 3.63) is 0 Å². The molecular formula is C16H32N2O. The summed E-state index contributed by atoms with van der Waals surface area (Å²) in [5, 5.41) is 3.59. The molecule has 2 aliphatic carbocycles. The lowest BCUT2D eigenvalue weighted by atomic mass is 9.86. The molecular weight excluding hydrogens is 236 g/mol. The molecule has 0 aromatic carbocycles. The van der Waals surface area contributed by atoms with Gasteiger partial charge in [0.1, 0.15) is 0 Å². The first-order valence-electron chi connectivity index (χ1n) is 7.93. The van der Waals surface area contributed by atoms with Crippen molar-refractivity contribution in [1.82, 2.24) is 10.2 Å². The van der Waals surface area contributed by atoms with Crippen LogP contribution < -0.4 is 5.32 Å². The summed E-state index contributed by atoms with van der Waals surface area (Å²) in [7, 11) is 3.94. The van der Waals surface area contributed by atoms with Gasteiger partial charge in [-0.05, 0) is 51.0 Å². The molecule has 2 rings (SSSR count). The first-order valence-corrected chi connectivity index (χ1v) is 7.93. The average Bonchev–Trinajstić information content (AvgIpc) is 3.15. The third kappa shape index (κ3) is 3.32. The standard InChI is InChI=1S/C16H32N2O/c1-12(13-6-7-13)18(10-11-19-5)14-8-9-16(2,3)15(14)17-4/h12-15,17H,6-11H2,1-5H3. The topological polar surface area (TPSA) is 24.5 Å². The van der Waals surface area contributed by atoms with Crippen LogP contribution in [-0.2, 0) is 4.74 Å². The number of ether oxygens (including phenoxy) is 1. The molecule has 0 aromatic rings. The van der Waals surface area contributed by atoms with Crippen LogP contribution in [0.5, 0.6) is 0 Å². The lowest BCUT2D eigenvalue weighted by Crippen LogP contribution is -2.54. The maximum atomic E-state index is 5.34. The van der Waals surface area contributed by atoms with Crippen molar-refractivity contribution in [2.24, 2.45) is 11.3 Å². The van der Waals surface area contributed by atoms with Crippen molar-refractivity contribution in [3.8, 4) is 0 Å². The van der Waals surface area contributed by atoms with Gasteiger partial charge in [0.25, 0.3) is 0 Å². The quantitative estimate of drug-likeness (QED) is 0.768. The molecule has 0 bridgehead atoms. The molecule has 0 aromatic heterocycles. The number of likely N-dealkylation sites (N-methyl/N-ethyl adjacent to an activating group) is 1. The van der Waals surface area contributed by atoms with E-state index in [2.05, 4.69) is 38.0 Å². The molecule has 3 nitrogen and oxygen atoms in total. The Kier molecular flexibility index (Phi) is 4.91. The van der Waals surface area contributed by atoms with Gasteiger partial charge in [-0.15, -0.1) is 0 Å². The minimum absolute atomic E-state index is 0.411. The van der Waals surface area contributed by atoms with Crippen LogP contribution in [0.25, 0.3) is 0 Å². The minimum atomic E-state index is 0.411. The molecule has 0 aliphatic heterocycles. The van der Waals surface area contributed by atoms with Gasteiger partial charge in [0.2, 0.25) is 0 Å². The molecule has 0 heterocycles. The number of methoxy groups -OCH3 is 1. The highest BCUT2D eigenvalue weighted by atomic mass is 16.5. The summed E-state index contributed by atoms with van der Waals surface area (Å²) >= 11 is 0. The van der Waals surface area contributed by atoms with Crippen LogP contribution in [0.2, 0.25) is 0 Å². The Hall–Kier alpha value is -0.120. The van der Waals surface area contributed by atoms with E-state index in [0.717, 1.165) is 19.1 Å². The van der Waals surface area contributed by atoms with Gasteiger partial charge in [-0.2, -0.15) is 0 Å². The molecule has 2 fully saturated rings. The predicted molar refractivity (Wildman–Crippen MR) is 80.4 cm³/mol. The van der Waals surface area contributed by atoms with E-state index in [1.807, 2.05) is 7.11 Å². The number of nitrogens with zero attached hydrogens (tertiary/aromatic N) is 1. The molecule has 3 atom stereocenters. The third-order valence-electron chi connectivity index (χ3n) is 5.43. The van der Waals surface area contributed by atoms with E-state index in [-0.39, 0.29) is 0 Å². The van der Waals surface area contributed by atoms with Gasteiger partial charge >= 0.3 is 0 Å². The van der Waals surface area contributed by atoms with Crippen LogP contribution in [0.3, 0.4) is 0 Å². The fraction of sp³-hybridized carbons (Fsp3) is 1.00. The van der Waals surface area contributed by atoms with Crippen LogP contribution in [0.4, 0.5) is 0 Å². The molecule has 1 N–H and O–H groups in total. The number of nitrogens with one attached hydrogen (secondary N) is 1. The number of rotatable bonds is 7. The third-order valence-corrected chi connectivity index (χ3v) is 5.43. The van der Waals surface area contributed by atoms with Gasteiger partial charge in [-0.25, -0.2) is 0 Å². The van der Waals surface area contributed by atoms with E-state index >= 15 is 0 Å². The molecule has 0 radical (unpaired) electrons. The zero-order chi connectivity index (χ0) is 14.0. The highest BCUT2D eigenvalue weighted by Crippen LogP contribution is 2.43. The second-order valence-electron chi connectivity index (χ2n) is 7.17. The van der Waals surface area contributed by atoms with Crippen LogP contribution >= 0.6 is 0 Å². The summed E-state index contributed by atoms with van der Waals surface area (Å²) in [4.78, 5) is 2.73. The van der Waals surface area contributed by atoms with Gasteiger partial charge in [-0.1, -0.05) is 13.8 Å². The summed E-state index contributed by atoms with van der Waals surface area (Å²) in [5.74, 6) is 0.929.